The molecule has 1 saturated heterocycles. The molecule has 31 heavy (non-hydrogen) atoms. The van der Waals surface area contributed by atoms with Crippen molar-refractivity contribution in [3.8, 4) is 0 Å². The van der Waals surface area contributed by atoms with Crippen molar-refractivity contribution in [2.75, 3.05) is 19.6 Å². The number of benzene rings is 1. The predicted molar refractivity (Wildman–Crippen MR) is 144 cm³/mol. The van der Waals surface area contributed by atoms with Gasteiger partial charge in [-0.25, -0.2) is 4.98 Å². The van der Waals surface area contributed by atoms with E-state index in [-0.39, 0.29) is 24.0 Å². The second kappa shape index (κ2) is 13.4. The first-order valence-corrected chi connectivity index (χ1v) is 12.2. The average molecular weight is 556 g/mol. The fraction of sp³-hybridized carbons (Fsp3) is 0.583. The highest BCUT2D eigenvalue weighted by atomic mass is 127. The number of piperidine rings is 1. The van der Waals surface area contributed by atoms with Crippen LogP contribution in [0.4, 0.5) is 0 Å². The number of hydrogen-bond acceptors (Lipinski definition) is 4. The van der Waals surface area contributed by atoms with Crippen LogP contribution in [0, 0.1) is 0 Å². The summed E-state index contributed by atoms with van der Waals surface area (Å²) in [6, 6.07) is 11.8. The van der Waals surface area contributed by atoms with E-state index in [0.29, 0.717) is 18.0 Å². The summed E-state index contributed by atoms with van der Waals surface area (Å²) in [5.74, 6) is 1.44. The minimum atomic E-state index is 0. The lowest BCUT2D eigenvalue weighted by Crippen LogP contribution is -2.51. The van der Waals surface area contributed by atoms with Crippen molar-refractivity contribution in [3.63, 3.8) is 0 Å². The number of halogens is 1. The lowest BCUT2D eigenvalue weighted by Gasteiger charge is -2.38. The van der Waals surface area contributed by atoms with Gasteiger partial charge in [0.25, 0.3) is 0 Å². The SMILES string of the molecule is CCNC(=NCCc1csc(C(C)C)n1)NC1CCN(Cc2ccccc2)C(C)C1.I. The largest absolute Gasteiger partial charge is 0.357 e. The van der Waals surface area contributed by atoms with E-state index in [0.717, 1.165) is 57.1 Å². The van der Waals surface area contributed by atoms with Crippen LogP contribution < -0.4 is 10.6 Å². The Bertz CT molecular complexity index is 792. The molecule has 0 saturated carbocycles. The van der Waals surface area contributed by atoms with Gasteiger partial charge in [-0.3, -0.25) is 9.89 Å². The first-order chi connectivity index (χ1) is 14.5. The summed E-state index contributed by atoms with van der Waals surface area (Å²) in [4.78, 5) is 12.1. The zero-order chi connectivity index (χ0) is 21.3. The molecule has 1 aromatic heterocycles. The van der Waals surface area contributed by atoms with Crippen LogP contribution in [0.3, 0.4) is 0 Å². The van der Waals surface area contributed by atoms with Crippen LogP contribution in [0.2, 0.25) is 0 Å². The highest BCUT2D eigenvalue weighted by Crippen LogP contribution is 2.20. The van der Waals surface area contributed by atoms with Crippen LogP contribution >= 0.6 is 35.3 Å². The third-order valence-corrected chi connectivity index (χ3v) is 6.82. The highest BCUT2D eigenvalue weighted by molar-refractivity contribution is 14.0. The first-order valence-electron chi connectivity index (χ1n) is 11.3. The van der Waals surface area contributed by atoms with Crippen molar-refractivity contribution in [1.82, 2.24) is 20.5 Å². The molecule has 172 valence electrons. The third-order valence-electron chi connectivity index (χ3n) is 5.63. The Kier molecular flexibility index (Phi) is 11.2. The van der Waals surface area contributed by atoms with E-state index in [1.165, 1.54) is 10.6 Å². The molecular formula is C24H38IN5S. The number of rotatable bonds is 8. The Morgan fingerprint density at radius 2 is 2.06 bits per heavy atom. The third kappa shape index (κ3) is 8.35. The minimum Gasteiger partial charge on any atom is -0.357 e. The van der Waals surface area contributed by atoms with Gasteiger partial charge in [0.05, 0.1) is 10.7 Å². The first kappa shape index (κ1) is 26.1. The van der Waals surface area contributed by atoms with Gasteiger partial charge in [-0.05, 0) is 32.3 Å². The van der Waals surface area contributed by atoms with Gasteiger partial charge in [-0.2, -0.15) is 0 Å². The predicted octanol–water partition coefficient (Wildman–Crippen LogP) is 5.04. The molecule has 1 aliphatic heterocycles. The summed E-state index contributed by atoms with van der Waals surface area (Å²) < 4.78 is 0. The fourth-order valence-corrected chi connectivity index (χ4v) is 4.77. The van der Waals surface area contributed by atoms with E-state index in [9.17, 15) is 0 Å². The van der Waals surface area contributed by atoms with Gasteiger partial charge in [0, 0.05) is 56.0 Å². The van der Waals surface area contributed by atoms with Crippen molar-refractivity contribution in [2.45, 2.75) is 71.5 Å². The molecule has 1 fully saturated rings. The second-order valence-corrected chi connectivity index (χ2v) is 9.40. The van der Waals surface area contributed by atoms with Crippen LogP contribution in [0.1, 0.15) is 62.7 Å². The maximum atomic E-state index is 4.81. The number of nitrogens with zero attached hydrogens (tertiary/aromatic N) is 3. The van der Waals surface area contributed by atoms with E-state index >= 15 is 0 Å². The van der Waals surface area contributed by atoms with Crippen LogP contribution in [0.25, 0.3) is 0 Å². The molecule has 0 spiro atoms. The Labute approximate surface area is 209 Å². The van der Waals surface area contributed by atoms with Crippen molar-refractivity contribution < 1.29 is 0 Å². The zero-order valence-electron chi connectivity index (χ0n) is 19.3. The number of aliphatic imine (C=N–C) groups is 1. The van der Waals surface area contributed by atoms with E-state index in [2.05, 4.69) is 78.9 Å². The van der Waals surface area contributed by atoms with Gasteiger partial charge in [-0.15, -0.1) is 35.3 Å². The maximum Gasteiger partial charge on any atom is 0.191 e. The van der Waals surface area contributed by atoms with Gasteiger partial charge in [0.1, 0.15) is 0 Å². The van der Waals surface area contributed by atoms with Gasteiger partial charge in [-0.1, -0.05) is 44.2 Å². The van der Waals surface area contributed by atoms with E-state index in [1.807, 2.05) is 0 Å². The Balaban J connectivity index is 0.00000341. The van der Waals surface area contributed by atoms with Crippen LogP contribution in [0.5, 0.6) is 0 Å². The number of likely N-dealkylation sites (tertiary alicyclic amines) is 1. The number of nitrogens with one attached hydrogen (secondary N) is 2. The molecule has 7 heteroatoms. The van der Waals surface area contributed by atoms with E-state index in [4.69, 9.17) is 9.98 Å². The quantitative estimate of drug-likeness (QED) is 0.273. The Morgan fingerprint density at radius 3 is 2.71 bits per heavy atom. The van der Waals surface area contributed by atoms with Crippen LogP contribution in [0.15, 0.2) is 40.7 Å². The molecule has 0 amide bonds. The molecule has 2 N–H and O–H groups in total. The summed E-state index contributed by atoms with van der Waals surface area (Å²) >= 11 is 1.76. The monoisotopic (exact) mass is 555 g/mol. The van der Waals surface area contributed by atoms with Gasteiger partial charge >= 0.3 is 0 Å². The second-order valence-electron chi connectivity index (χ2n) is 8.51. The minimum absolute atomic E-state index is 0. The van der Waals surface area contributed by atoms with Gasteiger partial charge in [0.15, 0.2) is 5.96 Å². The van der Waals surface area contributed by atoms with Gasteiger partial charge < -0.3 is 10.6 Å². The van der Waals surface area contributed by atoms with Gasteiger partial charge in [0.2, 0.25) is 0 Å². The molecule has 2 heterocycles. The van der Waals surface area contributed by atoms with E-state index in [1.54, 1.807) is 11.3 Å². The maximum absolute atomic E-state index is 4.81. The van der Waals surface area contributed by atoms with Crippen molar-refractivity contribution in [3.05, 3.63) is 52.0 Å². The lowest BCUT2D eigenvalue weighted by atomic mass is 9.97. The topological polar surface area (TPSA) is 52.6 Å². The zero-order valence-corrected chi connectivity index (χ0v) is 22.5. The smallest absolute Gasteiger partial charge is 0.191 e. The number of thiazole rings is 1. The molecule has 1 aromatic carbocycles. The van der Waals surface area contributed by atoms with Crippen molar-refractivity contribution in [2.24, 2.45) is 4.99 Å². The van der Waals surface area contributed by atoms with Crippen LogP contribution in [-0.4, -0.2) is 47.6 Å². The summed E-state index contributed by atoms with van der Waals surface area (Å²) in [6.45, 7) is 12.6. The Morgan fingerprint density at radius 1 is 1.29 bits per heavy atom. The normalized spacial score (nSPS) is 19.8. The summed E-state index contributed by atoms with van der Waals surface area (Å²) in [7, 11) is 0. The lowest BCUT2D eigenvalue weighted by molar-refractivity contribution is 0.134. The molecule has 3 rings (SSSR count). The van der Waals surface area contributed by atoms with Crippen LogP contribution in [-0.2, 0) is 13.0 Å². The summed E-state index contributed by atoms with van der Waals surface area (Å²) in [6.07, 6.45) is 3.18. The molecule has 5 nitrogen and oxygen atoms in total. The Hall–Kier alpha value is -1.19. The molecular weight excluding hydrogens is 517 g/mol. The number of guanidine groups is 1. The molecule has 0 bridgehead atoms. The van der Waals surface area contributed by atoms with Crippen molar-refractivity contribution in [1.29, 1.82) is 0 Å². The molecule has 2 unspecified atom stereocenters. The highest BCUT2D eigenvalue weighted by Gasteiger charge is 2.25. The molecule has 1 aliphatic rings. The fourth-order valence-electron chi connectivity index (χ4n) is 3.90. The molecule has 2 aromatic rings. The number of aromatic nitrogens is 1. The summed E-state index contributed by atoms with van der Waals surface area (Å²) in [5, 5.41) is 10.5. The standard InChI is InChI=1S/C24H37N5S.HI/c1-5-25-24(26-13-11-22-17-30-23(27-22)18(2)3)28-21-12-14-29(19(4)15-21)16-20-9-7-6-8-10-20;/h6-10,17-19,21H,5,11-16H2,1-4H3,(H2,25,26,28);1H. The van der Waals surface area contributed by atoms with Crippen molar-refractivity contribution >= 4 is 41.3 Å². The van der Waals surface area contributed by atoms with E-state index < -0.39 is 0 Å². The number of hydrogen-bond donors (Lipinski definition) is 2. The average Bonchev–Trinajstić information content (AvgIpc) is 3.20. The summed E-state index contributed by atoms with van der Waals surface area (Å²) in [5.41, 5.74) is 2.56. The molecule has 0 radical (unpaired) electrons. The molecule has 0 aliphatic carbocycles. The molecule has 2 atom stereocenters.